The summed E-state index contributed by atoms with van der Waals surface area (Å²) in [6.07, 6.45) is 2.75. The van der Waals surface area contributed by atoms with Crippen molar-refractivity contribution in [3.05, 3.63) is 64.0 Å². The molecule has 1 heterocycles. The number of pyridine rings is 1. The fourth-order valence-corrected chi connectivity index (χ4v) is 1.80. The predicted molar refractivity (Wildman–Crippen MR) is 72.6 cm³/mol. The van der Waals surface area contributed by atoms with Crippen molar-refractivity contribution in [2.75, 3.05) is 5.32 Å². The van der Waals surface area contributed by atoms with E-state index in [4.69, 9.17) is 5.73 Å². The average Bonchev–Trinajstić information content (AvgIpc) is 2.45. The average molecular weight is 258 g/mol. The van der Waals surface area contributed by atoms with Gasteiger partial charge in [0.2, 0.25) is 0 Å². The first kappa shape index (κ1) is 13.0. The molecule has 2 rings (SSSR count). The van der Waals surface area contributed by atoms with Gasteiger partial charge < -0.3 is 11.1 Å². The Balaban J connectivity index is 2.17. The molecule has 0 aliphatic rings. The summed E-state index contributed by atoms with van der Waals surface area (Å²) in [4.78, 5) is 14.2. The number of hydrogen-bond acceptors (Lipinski definition) is 5. The number of hydrogen-bond donors (Lipinski definition) is 2. The van der Waals surface area contributed by atoms with Gasteiger partial charge in [-0.2, -0.15) is 0 Å². The number of anilines is 1. The van der Waals surface area contributed by atoms with Gasteiger partial charge in [0.25, 0.3) is 0 Å². The monoisotopic (exact) mass is 258 g/mol. The third-order valence-electron chi connectivity index (χ3n) is 2.80. The summed E-state index contributed by atoms with van der Waals surface area (Å²) in [6, 6.07) is 9.31. The molecule has 19 heavy (non-hydrogen) atoms. The minimum atomic E-state index is -0.454. The Morgan fingerprint density at radius 3 is 2.68 bits per heavy atom. The number of nitrogens with one attached hydrogen (secondary N) is 1. The van der Waals surface area contributed by atoms with Crippen LogP contribution in [0.15, 0.2) is 42.7 Å². The van der Waals surface area contributed by atoms with E-state index in [0.717, 1.165) is 11.1 Å². The second-order valence-electron chi connectivity index (χ2n) is 3.98. The Labute approximate surface area is 110 Å². The Morgan fingerprint density at radius 2 is 2.00 bits per heavy atom. The molecule has 0 amide bonds. The number of nitrogens with two attached hydrogens (primary N) is 1. The third-order valence-corrected chi connectivity index (χ3v) is 2.80. The summed E-state index contributed by atoms with van der Waals surface area (Å²) in [6.45, 7) is 0.925. The molecule has 2 aromatic rings. The van der Waals surface area contributed by atoms with E-state index in [1.165, 1.54) is 12.4 Å². The van der Waals surface area contributed by atoms with Gasteiger partial charge in [-0.25, -0.2) is 0 Å². The van der Waals surface area contributed by atoms with Gasteiger partial charge in [-0.1, -0.05) is 24.3 Å². The topological polar surface area (TPSA) is 94.1 Å². The number of rotatable bonds is 5. The van der Waals surface area contributed by atoms with Crippen LogP contribution >= 0.6 is 0 Å². The molecule has 3 N–H and O–H groups in total. The Bertz CT molecular complexity index is 586. The second kappa shape index (κ2) is 5.92. The van der Waals surface area contributed by atoms with E-state index in [9.17, 15) is 10.1 Å². The molecular weight excluding hydrogens is 244 g/mol. The molecule has 0 radical (unpaired) electrons. The fourth-order valence-electron chi connectivity index (χ4n) is 1.80. The maximum Gasteiger partial charge on any atom is 0.310 e. The van der Waals surface area contributed by atoms with E-state index < -0.39 is 4.92 Å². The fraction of sp³-hybridized carbons (Fsp3) is 0.154. The quantitative estimate of drug-likeness (QED) is 0.632. The van der Waals surface area contributed by atoms with Gasteiger partial charge in [0.05, 0.1) is 4.92 Å². The summed E-state index contributed by atoms with van der Waals surface area (Å²) < 4.78 is 0. The van der Waals surface area contributed by atoms with Crippen molar-refractivity contribution in [2.45, 2.75) is 13.1 Å². The molecule has 0 fully saturated rings. The van der Waals surface area contributed by atoms with Crippen LogP contribution in [-0.4, -0.2) is 9.91 Å². The van der Waals surface area contributed by atoms with Gasteiger partial charge in [-0.05, 0) is 17.2 Å². The molecule has 6 heteroatoms. The van der Waals surface area contributed by atoms with Crippen molar-refractivity contribution < 1.29 is 4.92 Å². The van der Waals surface area contributed by atoms with Crippen molar-refractivity contribution in [3.8, 4) is 0 Å². The SMILES string of the molecule is NCc1ccccc1CNc1ccncc1[N+](=O)[O-]. The third kappa shape index (κ3) is 3.05. The summed E-state index contributed by atoms with van der Waals surface area (Å²) in [5.41, 5.74) is 8.11. The summed E-state index contributed by atoms with van der Waals surface area (Å²) in [5.74, 6) is 0. The van der Waals surface area contributed by atoms with Crippen LogP contribution in [0.5, 0.6) is 0 Å². The lowest BCUT2D eigenvalue weighted by Crippen LogP contribution is -2.07. The van der Waals surface area contributed by atoms with Gasteiger partial charge in [-0.3, -0.25) is 15.1 Å². The molecule has 0 saturated heterocycles. The first-order valence-electron chi connectivity index (χ1n) is 5.81. The zero-order valence-corrected chi connectivity index (χ0v) is 10.2. The Morgan fingerprint density at radius 1 is 1.26 bits per heavy atom. The van der Waals surface area contributed by atoms with Gasteiger partial charge in [-0.15, -0.1) is 0 Å². The number of aromatic nitrogens is 1. The smallest absolute Gasteiger partial charge is 0.310 e. The summed E-state index contributed by atoms with van der Waals surface area (Å²) >= 11 is 0. The molecule has 1 aromatic heterocycles. The minimum absolute atomic E-state index is 0.0345. The lowest BCUT2D eigenvalue weighted by Gasteiger charge is -2.10. The highest BCUT2D eigenvalue weighted by atomic mass is 16.6. The first-order valence-corrected chi connectivity index (χ1v) is 5.81. The number of nitro groups is 1. The highest BCUT2D eigenvalue weighted by Crippen LogP contribution is 2.22. The molecular formula is C13H14N4O2. The molecule has 1 aromatic carbocycles. The standard InChI is InChI=1S/C13H14N4O2/c14-7-10-3-1-2-4-11(10)8-16-12-5-6-15-9-13(12)17(18)19/h1-6,9H,7-8,14H2,(H,15,16). The van der Waals surface area contributed by atoms with Crippen LogP contribution in [0.25, 0.3) is 0 Å². The zero-order chi connectivity index (χ0) is 13.7. The molecule has 6 nitrogen and oxygen atoms in total. The van der Waals surface area contributed by atoms with Crippen LogP contribution in [0.4, 0.5) is 11.4 Å². The highest BCUT2D eigenvalue weighted by molar-refractivity contribution is 5.59. The molecule has 0 atom stereocenters. The second-order valence-corrected chi connectivity index (χ2v) is 3.98. The van der Waals surface area contributed by atoms with Crippen LogP contribution in [0.2, 0.25) is 0 Å². The normalized spacial score (nSPS) is 10.2. The summed E-state index contributed by atoms with van der Waals surface area (Å²) in [5, 5.41) is 13.9. The predicted octanol–water partition coefficient (Wildman–Crippen LogP) is 2.06. The molecule has 98 valence electrons. The maximum atomic E-state index is 10.9. The molecule has 0 unspecified atom stereocenters. The van der Waals surface area contributed by atoms with Crippen molar-refractivity contribution in [3.63, 3.8) is 0 Å². The number of benzene rings is 1. The van der Waals surface area contributed by atoms with E-state index in [-0.39, 0.29) is 5.69 Å². The van der Waals surface area contributed by atoms with Gasteiger partial charge >= 0.3 is 5.69 Å². The van der Waals surface area contributed by atoms with Crippen LogP contribution in [0.3, 0.4) is 0 Å². The van der Waals surface area contributed by atoms with Crippen LogP contribution in [0.1, 0.15) is 11.1 Å². The van der Waals surface area contributed by atoms with Gasteiger partial charge in [0.15, 0.2) is 0 Å². The first-order chi connectivity index (χ1) is 9.22. The molecule has 0 saturated carbocycles. The van der Waals surface area contributed by atoms with E-state index >= 15 is 0 Å². The van der Waals surface area contributed by atoms with Crippen molar-refractivity contribution in [2.24, 2.45) is 5.73 Å². The lowest BCUT2D eigenvalue weighted by atomic mass is 10.1. The lowest BCUT2D eigenvalue weighted by molar-refractivity contribution is -0.384. The summed E-state index contributed by atoms with van der Waals surface area (Å²) in [7, 11) is 0. The zero-order valence-electron chi connectivity index (χ0n) is 10.2. The van der Waals surface area contributed by atoms with Crippen LogP contribution in [-0.2, 0) is 13.1 Å². The molecule has 0 spiro atoms. The van der Waals surface area contributed by atoms with E-state index in [2.05, 4.69) is 10.3 Å². The largest absolute Gasteiger partial charge is 0.375 e. The highest BCUT2D eigenvalue weighted by Gasteiger charge is 2.12. The molecule has 0 aliphatic heterocycles. The molecule has 0 aliphatic carbocycles. The minimum Gasteiger partial charge on any atom is -0.375 e. The van der Waals surface area contributed by atoms with E-state index in [0.29, 0.717) is 18.8 Å². The maximum absolute atomic E-state index is 10.9. The van der Waals surface area contributed by atoms with Crippen molar-refractivity contribution in [1.82, 2.24) is 4.98 Å². The molecule has 0 bridgehead atoms. The van der Waals surface area contributed by atoms with Crippen LogP contribution in [0, 0.1) is 10.1 Å². The Kier molecular flexibility index (Phi) is 4.04. The van der Waals surface area contributed by atoms with Crippen LogP contribution < -0.4 is 11.1 Å². The van der Waals surface area contributed by atoms with Crippen molar-refractivity contribution in [1.29, 1.82) is 0 Å². The van der Waals surface area contributed by atoms with Gasteiger partial charge in [0.1, 0.15) is 11.9 Å². The van der Waals surface area contributed by atoms with E-state index in [1.54, 1.807) is 6.07 Å². The Hall–Kier alpha value is -2.47. The van der Waals surface area contributed by atoms with E-state index in [1.807, 2.05) is 24.3 Å². The van der Waals surface area contributed by atoms with Crippen molar-refractivity contribution >= 4 is 11.4 Å². The van der Waals surface area contributed by atoms with Gasteiger partial charge in [0, 0.05) is 19.3 Å². The number of nitrogens with zero attached hydrogens (tertiary/aromatic N) is 2.